The third-order valence-electron chi connectivity index (χ3n) is 3.52. The van der Waals surface area contributed by atoms with Crippen molar-refractivity contribution in [2.75, 3.05) is 31.6 Å². The number of likely N-dealkylation sites (N-methyl/N-ethyl adjacent to an activating group) is 1. The summed E-state index contributed by atoms with van der Waals surface area (Å²) in [5.41, 5.74) is 6.60. The maximum atomic E-state index is 9.88. The Balaban J connectivity index is 2.14. The first-order valence-electron chi connectivity index (χ1n) is 6.28. The van der Waals surface area contributed by atoms with Gasteiger partial charge in [-0.15, -0.1) is 0 Å². The topological polar surface area (TPSA) is 87.3 Å². The van der Waals surface area contributed by atoms with E-state index in [1.54, 1.807) is 6.33 Å². The van der Waals surface area contributed by atoms with Gasteiger partial charge in [0.05, 0.1) is 12.1 Å². The first-order valence-corrected chi connectivity index (χ1v) is 6.28. The fourth-order valence-corrected chi connectivity index (χ4v) is 2.18. The number of nitrogens with zero attached hydrogens (tertiary/aromatic N) is 3. The van der Waals surface area contributed by atoms with Crippen LogP contribution in [0.1, 0.15) is 18.5 Å². The third kappa shape index (κ3) is 2.60. The van der Waals surface area contributed by atoms with Crippen molar-refractivity contribution in [2.45, 2.75) is 25.0 Å². The summed E-state index contributed by atoms with van der Waals surface area (Å²) < 4.78 is 0. The van der Waals surface area contributed by atoms with E-state index in [0.29, 0.717) is 13.1 Å². The second-order valence-corrected chi connectivity index (χ2v) is 4.81. The number of β-amino-alcohol motifs (C(OH)–C–C–N with tert-alkyl or cyclic N) is 1. The smallest absolute Gasteiger partial charge is 0.132 e. The SMILES string of the molecule is CNC1CN(c2cc(C(C)CN)ncn2)CC1O. The van der Waals surface area contributed by atoms with E-state index in [4.69, 9.17) is 5.73 Å². The van der Waals surface area contributed by atoms with Gasteiger partial charge in [0.2, 0.25) is 0 Å². The van der Waals surface area contributed by atoms with Gasteiger partial charge < -0.3 is 21.1 Å². The Kier molecular flexibility index (Phi) is 4.11. The summed E-state index contributed by atoms with van der Waals surface area (Å²) in [5, 5.41) is 13.0. The summed E-state index contributed by atoms with van der Waals surface area (Å²) in [6, 6.07) is 2.05. The minimum absolute atomic E-state index is 0.0929. The van der Waals surface area contributed by atoms with Gasteiger partial charge in [0.25, 0.3) is 0 Å². The molecule has 18 heavy (non-hydrogen) atoms. The van der Waals surface area contributed by atoms with Crippen LogP contribution >= 0.6 is 0 Å². The number of aliphatic hydroxyl groups is 1. The van der Waals surface area contributed by atoms with Crippen molar-refractivity contribution in [3.8, 4) is 0 Å². The molecule has 1 aliphatic rings. The molecule has 0 spiro atoms. The number of anilines is 1. The van der Waals surface area contributed by atoms with Crippen molar-refractivity contribution in [3.63, 3.8) is 0 Å². The molecule has 6 heteroatoms. The van der Waals surface area contributed by atoms with Gasteiger partial charge in [0.15, 0.2) is 0 Å². The van der Waals surface area contributed by atoms with Gasteiger partial charge in [0, 0.05) is 37.3 Å². The van der Waals surface area contributed by atoms with Crippen molar-refractivity contribution in [3.05, 3.63) is 18.1 Å². The van der Waals surface area contributed by atoms with Crippen LogP contribution in [0, 0.1) is 0 Å². The molecular formula is C12H21N5O. The van der Waals surface area contributed by atoms with Crippen molar-refractivity contribution in [1.29, 1.82) is 0 Å². The molecule has 0 aliphatic carbocycles. The van der Waals surface area contributed by atoms with Crippen LogP contribution in [0.15, 0.2) is 12.4 Å². The zero-order valence-corrected chi connectivity index (χ0v) is 10.9. The second kappa shape index (κ2) is 5.60. The van der Waals surface area contributed by atoms with E-state index in [1.807, 2.05) is 20.0 Å². The maximum Gasteiger partial charge on any atom is 0.132 e. The molecule has 0 radical (unpaired) electrons. The number of aromatic nitrogens is 2. The molecule has 0 amide bonds. The van der Waals surface area contributed by atoms with Gasteiger partial charge in [-0.3, -0.25) is 0 Å². The highest BCUT2D eigenvalue weighted by atomic mass is 16.3. The lowest BCUT2D eigenvalue weighted by Gasteiger charge is -2.18. The molecule has 100 valence electrons. The van der Waals surface area contributed by atoms with Crippen LogP contribution in [-0.4, -0.2) is 53.9 Å². The van der Waals surface area contributed by atoms with E-state index in [9.17, 15) is 5.11 Å². The van der Waals surface area contributed by atoms with Crippen molar-refractivity contribution in [1.82, 2.24) is 15.3 Å². The molecule has 0 aromatic carbocycles. The summed E-state index contributed by atoms with van der Waals surface area (Å²) in [7, 11) is 1.86. The number of hydrogen-bond donors (Lipinski definition) is 3. The molecule has 1 saturated heterocycles. The minimum Gasteiger partial charge on any atom is -0.390 e. The lowest BCUT2D eigenvalue weighted by Crippen LogP contribution is -2.36. The van der Waals surface area contributed by atoms with Crippen molar-refractivity contribution in [2.24, 2.45) is 5.73 Å². The van der Waals surface area contributed by atoms with Gasteiger partial charge in [-0.2, -0.15) is 0 Å². The summed E-state index contributed by atoms with van der Waals surface area (Å²) in [4.78, 5) is 10.6. The second-order valence-electron chi connectivity index (χ2n) is 4.81. The Hall–Kier alpha value is -1.24. The van der Waals surface area contributed by atoms with Crippen molar-refractivity contribution >= 4 is 5.82 Å². The van der Waals surface area contributed by atoms with Gasteiger partial charge >= 0.3 is 0 Å². The summed E-state index contributed by atoms with van der Waals surface area (Å²) in [5.74, 6) is 1.08. The summed E-state index contributed by atoms with van der Waals surface area (Å²) in [6.07, 6.45) is 1.20. The van der Waals surface area contributed by atoms with Gasteiger partial charge in [-0.25, -0.2) is 9.97 Å². The fourth-order valence-electron chi connectivity index (χ4n) is 2.18. The number of aliphatic hydroxyl groups excluding tert-OH is 1. The number of rotatable bonds is 4. The predicted octanol–water partition coefficient (Wildman–Crippen LogP) is -0.692. The van der Waals surface area contributed by atoms with Gasteiger partial charge in [-0.1, -0.05) is 6.92 Å². The lowest BCUT2D eigenvalue weighted by molar-refractivity contribution is 0.168. The van der Waals surface area contributed by atoms with E-state index >= 15 is 0 Å². The quantitative estimate of drug-likeness (QED) is 0.656. The zero-order chi connectivity index (χ0) is 13.1. The molecule has 6 nitrogen and oxygen atoms in total. The summed E-state index contributed by atoms with van der Waals surface area (Å²) in [6.45, 7) is 3.96. The zero-order valence-electron chi connectivity index (χ0n) is 10.9. The number of nitrogens with two attached hydrogens (primary N) is 1. The monoisotopic (exact) mass is 251 g/mol. The Morgan fingerprint density at radius 2 is 2.33 bits per heavy atom. The largest absolute Gasteiger partial charge is 0.390 e. The van der Waals surface area contributed by atoms with Crippen LogP contribution < -0.4 is 16.0 Å². The summed E-state index contributed by atoms with van der Waals surface area (Å²) >= 11 is 0. The molecule has 2 rings (SSSR count). The van der Waals surface area contributed by atoms with Crippen LogP contribution in [0.2, 0.25) is 0 Å². The van der Waals surface area contributed by atoms with E-state index in [-0.39, 0.29) is 18.1 Å². The number of hydrogen-bond acceptors (Lipinski definition) is 6. The first kappa shape index (κ1) is 13.2. The molecule has 1 aromatic rings. The Bertz CT molecular complexity index is 400. The molecule has 3 atom stereocenters. The van der Waals surface area contributed by atoms with Crippen LogP contribution in [0.5, 0.6) is 0 Å². The van der Waals surface area contributed by atoms with Crippen LogP contribution in [0.4, 0.5) is 5.82 Å². The molecule has 0 saturated carbocycles. The van der Waals surface area contributed by atoms with E-state index < -0.39 is 0 Å². The Morgan fingerprint density at radius 1 is 1.56 bits per heavy atom. The maximum absolute atomic E-state index is 9.88. The molecular weight excluding hydrogens is 230 g/mol. The van der Waals surface area contributed by atoms with Gasteiger partial charge in [-0.05, 0) is 7.05 Å². The van der Waals surface area contributed by atoms with E-state index in [2.05, 4.69) is 20.2 Å². The van der Waals surface area contributed by atoms with Crippen LogP contribution in [0.3, 0.4) is 0 Å². The highest BCUT2D eigenvalue weighted by Crippen LogP contribution is 2.21. The van der Waals surface area contributed by atoms with Crippen LogP contribution in [-0.2, 0) is 0 Å². The normalized spacial score (nSPS) is 25.4. The molecule has 2 heterocycles. The third-order valence-corrected chi connectivity index (χ3v) is 3.52. The van der Waals surface area contributed by atoms with Crippen molar-refractivity contribution < 1.29 is 5.11 Å². The van der Waals surface area contributed by atoms with Crippen LogP contribution in [0.25, 0.3) is 0 Å². The molecule has 1 fully saturated rings. The van der Waals surface area contributed by atoms with E-state index in [1.165, 1.54) is 0 Å². The molecule has 1 aromatic heterocycles. The average molecular weight is 251 g/mol. The molecule has 1 aliphatic heterocycles. The molecule has 3 unspecified atom stereocenters. The fraction of sp³-hybridized carbons (Fsp3) is 0.667. The average Bonchev–Trinajstić information content (AvgIpc) is 2.79. The highest BCUT2D eigenvalue weighted by molar-refractivity contribution is 5.42. The van der Waals surface area contributed by atoms with E-state index in [0.717, 1.165) is 18.1 Å². The highest BCUT2D eigenvalue weighted by Gasteiger charge is 2.30. The first-order chi connectivity index (χ1) is 8.65. The Morgan fingerprint density at radius 3 is 2.94 bits per heavy atom. The Labute approximate surface area is 107 Å². The lowest BCUT2D eigenvalue weighted by atomic mass is 10.1. The number of nitrogens with one attached hydrogen (secondary N) is 1. The standard InChI is InChI=1S/C12H21N5O/c1-8(4-13)9-3-12(16-7-15-9)17-5-10(14-2)11(18)6-17/h3,7-8,10-11,14,18H,4-6,13H2,1-2H3. The predicted molar refractivity (Wildman–Crippen MR) is 70.6 cm³/mol. The molecule has 4 N–H and O–H groups in total. The van der Waals surface area contributed by atoms with Gasteiger partial charge in [0.1, 0.15) is 12.1 Å². The molecule has 0 bridgehead atoms. The minimum atomic E-state index is -0.361.